The molecule has 0 amide bonds. The molecule has 0 saturated heterocycles. The summed E-state index contributed by atoms with van der Waals surface area (Å²) in [4.78, 5) is 0. The maximum absolute atomic E-state index is 5.71. The third-order valence-corrected chi connectivity index (χ3v) is 4.06. The second kappa shape index (κ2) is 5.80. The van der Waals surface area contributed by atoms with Gasteiger partial charge in [0.1, 0.15) is 0 Å². The third-order valence-electron chi connectivity index (χ3n) is 3.08. The first-order chi connectivity index (χ1) is 7.83. The van der Waals surface area contributed by atoms with Gasteiger partial charge in [-0.25, -0.2) is 5.43 Å². The van der Waals surface area contributed by atoms with Gasteiger partial charge in [0.05, 0.1) is 6.04 Å². The minimum Gasteiger partial charge on any atom is -0.271 e. The summed E-state index contributed by atoms with van der Waals surface area (Å²) in [6, 6.07) is 8.61. The van der Waals surface area contributed by atoms with E-state index < -0.39 is 0 Å². The lowest BCUT2D eigenvalue weighted by molar-refractivity contribution is 0.564. The van der Waals surface area contributed by atoms with Crippen LogP contribution in [0.15, 0.2) is 35.9 Å². The Morgan fingerprint density at radius 2 is 2.06 bits per heavy atom. The van der Waals surface area contributed by atoms with Crippen molar-refractivity contribution in [2.75, 3.05) is 0 Å². The Bertz CT molecular complexity index is 387. The van der Waals surface area contributed by atoms with Gasteiger partial charge in [0.15, 0.2) is 0 Å². The Morgan fingerprint density at radius 3 is 2.69 bits per heavy atom. The maximum atomic E-state index is 5.71. The number of hydrogen-bond donors (Lipinski definition) is 2. The fourth-order valence-electron chi connectivity index (χ4n) is 2.23. The number of rotatable bonds is 3. The van der Waals surface area contributed by atoms with E-state index in [1.165, 1.54) is 40.4 Å². The zero-order valence-corrected chi connectivity index (χ0v) is 11.4. The number of nitrogens with one attached hydrogen (secondary N) is 1. The molecule has 0 aliphatic heterocycles. The van der Waals surface area contributed by atoms with Crippen molar-refractivity contribution in [1.82, 2.24) is 5.43 Å². The molecule has 1 unspecified atom stereocenters. The molecule has 3 N–H and O–H groups in total. The topological polar surface area (TPSA) is 38.0 Å². The fourth-order valence-corrected chi connectivity index (χ4v) is 2.93. The zero-order valence-electron chi connectivity index (χ0n) is 9.25. The van der Waals surface area contributed by atoms with Crippen molar-refractivity contribution in [3.63, 3.8) is 0 Å². The smallest absolute Gasteiger partial charge is 0.0680 e. The predicted octanol–water partition coefficient (Wildman–Crippen LogP) is 3.30. The van der Waals surface area contributed by atoms with Crippen LogP contribution in [0.25, 0.3) is 0 Å². The summed E-state index contributed by atoms with van der Waals surface area (Å²) in [6.07, 6.45) is 7.30. The molecule has 2 nitrogen and oxygen atoms in total. The van der Waals surface area contributed by atoms with Crippen molar-refractivity contribution >= 4 is 22.6 Å². The van der Waals surface area contributed by atoms with Gasteiger partial charge in [0.2, 0.25) is 0 Å². The Morgan fingerprint density at radius 1 is 1.25 bits per heavy atom. The van der Waals surface area contributed by atoms with Crippen molar-refractivity contribution in [3.05, 3.63) is 45.0 Å². The fraction of sp³-hybridized carbons (Fsp3) is 0.385. The Hall–Kier alpha value is -0.390. The number of nitrogens with two attached hydrogens (primary N) is 1. The first-order valence-electron chi connectivity index (χ1n) is 5.72. The molecule has 0 radical (unpaired) electrons. The van der Waals surface area contributed by atoms with E-state index in [2.05, 4.69) is 58.4 Å². The van der Waals surface area contributed by atoms with Crippen molar-refractivity contribution in [1.29, 1.82) is 0 Å². The normalized spacial score (nSPS) is 18.0. The molecule has 0 heterocycles. The van der Waals surface area contributed by atoms with Gasteiger partial charge in [-0.3, -0.25) is 5.84 Å². The average Bonchev–Trinajstić information content (AvgIpc) is 2.34. The minimum absolute atomic E-state index is 0.188. The van der Waals surface area contributed by atoms with Gasteiger partial charge >= 0.3 is 0 Å². The lowest BCUT2D eigenvalue weighted by Crippen LogP contribution is -2.30. The summed E-state index contributed by atoms with van der Waals surface area (Å²) in [6.45, 7) is 0. The molecule has 0 fully saturated rings. The molecule has 0 bridgehead atoms. The number of hydrogen-bond acceptors (Lipinski definition) is 2. The monoisotopic (exact) mass is 328 g/mol. The largest absolute Gasteiger partial charge is 0.271 e. The Balaban J connectivity index is 2.28. The van der Waals surface area contributed by atoms with Crippen LogP contribution in [0.5, 0.6) is 0 Å². The summed E-state index contributed by atoms with van der Waals surface area (Å²) in [5, 5.41) is 0. The molecule has 1 aliphatic rings. The summed E-state index contributed by atoms with van der Waals surface area (Å²) in [5.74, 6) is 5.71. The third kappa shape index (κ3) is 2.64. The Labute approximate surface area is 110 Å². The summed E-state index contributed by atoms with van der Waals surface area (Å²) in [7, 11) is 0. The predicted molar refractivity (Wildman–Crippen MR) is 75.8 cm³/mol. The van der Waals surface area contributed by atoms with Crippen LogP contribution in [0.1, 0.15) is 37.3 Å². The van der Waals surface area contributed by atoms with Crippen LogP contribution >= 0.6 is 22.6 Å². The van der Waals surface area contributed by atoms with E-state index in [0.717, 1.165) is 0 Å². The first kappa shape index (κ1) is 12.1. The standard InChI is InChI=1S/C13H17IN2/c14-12-9-5-4-8-11(12)13(16-15)10-6-2-1-3-7-10/h4-6,8-9,13,16H,1-3,7,15H2. The summed E-state index contributed by atoms with van der Waals surface area (Å²) < 4.78 is 1.27. The quantitative estimate of drug-likeness (QED) is 0.387. The van der Waals surface area contributed by atoms with E-state index in [0.29, 0.717) is 0 Å². The molecule has 86 valence electrons. The minimum atomic E-state index is 0.188. The van der Waals surface area contributed by atoms with Crippen LogP contribution in [-0.4, -0.2) is 0 Å². The molecule has 2 rings (SSSR count). The summed E-state index contributed by atoms with van der Waals surface area (Å²) >= 11 is 2.37. The lowest BCUT2D eigenvalue weighted by atomic mass is 9.90. The van der Waals surface area contributed by atoms with Crippen molar-refractivity contribution in [3.8, 4) is 0 Å². The Kier molecular flexibility index (Phi) is 4.37. The lowest BCUT2D eigenvalue weighted by Gasteiger charge is -2.23. The van der Waals surface area contributed by atoms with Gasteiger partial charge in [0, 0.05) is 3.57 Å². The van der Waals surface area contributed by atoms with Gasteiger partial charge in [-0.1, -0.05) is 29.8 Å². The van der Waals surface area contributed by atoms with Gasteiger partial charge in [-0.15, -0.1) is 0 Å². The van der Waals surface area contributed by atoms with Crippen molar-refractivity contribution < 1.29 is 0 Å². The number of benzene rings is 1. The maximum Gasteiger partial charge on any atom is 0.0680 e. The van der Waals surface area contributed by atoms with E-state index in [4.69, 9.17) is 5.84 Å². The molecule has 1 aromatic rings. The van der Waals surface area contributed by atoms with Gasteiger partial charge in [-0.2, -0.15) is 0 Å². The van der Waals surface area contributed by atoms with Gasteiger partial charge < -0.3 is 0 Å². The van der Waals surface area contributed by atoms with Gasteiger partial charge in [0.25, 0.3) is 0 Å². The number of halogens is 1. The van der Waals surface area contributed by atoms with Crippen LogP contribution < -0.4 is 11.3 Å². The van der Waals surface area contributed by atoms with Crippen LogP contribution in [0, 0.1) is 3.57 Å². The average molecular weight is 328 g/mol. The van der Waals surface area contributed by atoms with Crippen molar-refractivity contribution in [2.45, 2.75) is 31.7 Å². The molecule has 16 heavy (non-hydrogen) atoms. The molecule has 0 aromatic heterocycles. The van der Waals surface area contributed by atoms with E-state index in [-0.39, 0.29) is 6.04 Å². The van der Waals surface area contributed by atoms with E-state index in [1.807, 2.05) is 0 Å². The van der Waals surface area contributed by atoms with E-state index >= 15 is 0 Å². The van der Waals surface area contributed by atoms with E-state index in [9.17, 15) is 0 Å². The van der Waals surface area contributed by atoms with Crippen LogP contribution in [-0.2, 0) is 0 Å². The highest BCUT2D eigenvalue weighted by Gasteiger charge is 2.18. The first-order valence-corrected chi connectivity index (χ1v) is 6.80. The van der Waals surface area contributed by atoms with Crippen LogP contribution in [0.4, 0.5) is 0 Å². The molecule has 1 atom stereocenters. The molecule has 0 saturated carbocycles. The van der Waals surface area contributed by atoms with E-state index in [1.54, 1.807) is 0 Å². The summed E-state index contributed by atoms with van der Waals surface area (Å²) in [5.41, 5.74) is 5.69. The highest BCUT2D eigenvalue weighted by atomic mass is 127. The van der Waals surface area contributed by atoms with Crippen LogP contribution in [0.2, 0.25) is 0 Å². The second-order valence-electron chi connectivity index (χ2n) is 4.15. The SMILES string of the molecule is NNC(C1=CCCCC1)c1ccccc1I. The molecule has 3 heteroatoms. The second-order valence-corrected chi connectivity index (χ2v) is 5.31. The molecule has 0 spiro atoms. The van der Waals surface area contributed by atoms with Crippen LogP contribution in [0.3, 0.4) is 0 Å². The number of hydrazine groups is 1. The number of allylic oxidation sites excluding steroid dienone is 1. The molecule has 1 aliphatic carbocycles. The highest BCUT2D eigenvalue weighted by molar-refractivity contribution is 14.1. The zero-order chi connectivity index (χ0) is 11.4. The van der Waals surface area contributed by atoms with Gasteiger partial charge in [-0.05, 0) is 59.9 Å². The highest BCUT2D eigenvalue weighted by Crippen LogP contribution is 2.31. The molecular weight excluding hydrogens is 311 g/mol. The molecular formula is C13H17IN2. The molecule has 1 aromatic carbocycles. The van der Waals surface area contributed by atoms with Crippen molar-refractivity contribution in [2.24, 2.45) is 5.84 Å².